The van der Waals surface area contributed by atoms with E-state index in [2.05, 4.69) is 21.2 Å². The van der Waals surface area contributed by atoms with Crippen LogP contribution in [0.5, 0.6) is 0 Å². The monoisotopic (exact) mass is 314 g/mol. The third-order valence-corrected chi connectivity index (χ3v) is 3.31. The predicted molar refractivity (Wildman–Crippen MR) is 72.8 cm³/mol. The molecule has 18 heavy (non-hydrogen) atoms. The summed E-state index contributed by atoms with van der Waals surface area (Å²) in [5, 5.41) is 21.0. The van der Waals surface area contributed by atoms with Crippen LogP contribution < -0.4 is 5.32 Å². The molecule has 1 aromatic carbocycles. The van der Waals surface area contributed by atoms with Crippen molar-refractivity contribution in [3.63, 3.8) is 0 Å². The molecule has 0 radical (unpaired) electrons. The van der Waals surface area contributed by atoms with Crippen LogP contribution >= 0.6 is 15.9 Å². The normalized spacial score (nSPS) is 12.3. The van der Waals surface area contributed by atoms with Gasteiger partial charge >= 0.3 is 0 Å². The molecule has 98 valence electrons. The SMILES string of the molecule is CC(C)CC(CO)Nc1ccc(C#N)c(Br)c1F. The van der Waals surface area contributed by atoms with Crippen molar-refractivity contribution in [2.24, 2.45) is 5.92 Å². The molecular formula is C13H16BrFN2O. The van der Waals surface area contributed by atoms with Gasteiger partial charge in [0.05, 0.1) is 22.3 Å². The minimum atomic E-state index is -0.503. The van der Waals surface area contributed by atoms with Gasteiger partial charge in [0.2, 0.25) is 0 Å². The first kappa shape index (κ1) is 14.9. The maximum absolute atomic E-state index is 13.9. The second-order valence-corrected chi connectivity index (χ2v) is 5.35. The van der Waals surface area contributed by atoms with Gasteiger partial charge in [-0.3, -0.25) is 0 Å². The van der Waals surface area contributed by atoms with Crippen LogP contribution in [0.4, 0.5) is 10.1 Å². The molecule has 0 aromatic heterocycles. The van der Waals surface area contributed by atoms with Crippen molar-refractivity contribution in [1.82, 2.24) is 0 Å². The highest BCUT2D eigenvalue weighted by Gasteiger charge is 2.15. The molecule has 2 N–H and O–H groups in total. The zero-order valence-corrected chi connectivity index (χ0v) is 12.0. The molecule has 0 saturated heterocycles. The molecule has 0 aliphatic rings. The van der Waals surface area contributed by atoms with Crippen molar-refractivity contribution < 1.29 is 9.50 Å². The van der Waals surface area contributed by atoms with E-state index >= 15 is 0 Å². The standard InChI is InChI=1S/C13H16BrFN2O/c1-8(2)5-10(7-18)17-11-4-3-9(6-16)12(14)13(11)15/h3-4,8,10,17-18H,5,7H2,1-2H3. The Kier molecular flexibility index (Phi) is 5.57. The smallest absolute Gasteiger partial charge is 0.161 e. The summed E-state index contributed by atoms with van der Waals surface area (Å²) in [5.41, 5.74) is 0.544. The summed E-state index contributed by atoms with van der Waals surface area (Å²) in [6, 6.07) is 4.76. The van der Waals surface area contributed by atoms with Crippen molar-refractivity contribution in [2.75, 3.05) is 11.9 Å². The van der Waals surface area contributed by atoms with Crippen LogP contribution in [0.1, 0.15) is 25.8 Å². The van der Waals surface area contributed by atoms with Crippen LogP contribution in [0.25, 0.3) is 0 Å². The van der Waals surface area contributed by atoms with E-state index in [1.54, 1.807) is 6.07 Å². The Morgan fingerprint density at radius 3 is 2.67 bits per heavy atom. The Hall–Kier alpha value is -1.12. The minimum Gasteiger partial charge on any atom is -0.394 e. The van der Waals surface area contributed by atoms with Crippen molar-refractivity contribution >= 4 is 21.6 Å². The van der Waals surface area contributed by atoms with Gasteiger partial charge in [0.15, 0.2) is 5.82 Å². The number of aliphatic hydroxyl groups is 1. The van der Waals surface area contributed by atoms with Crippen LogP contribution in [0.15, 0.2) is 16.6 Å². The lowest BCUT2D eigenvalue weighted by molar-refractivity contribution is 0.259. The summed E-state index contributed by atoms with van der Waals surface area (Å²) in [5.74, 6) is -0.101. The number of hydrogen-bond donors (Lipinski definition) is 2. The Bertz CT molecular complexity index is 457. The molecule has 0 aliphatic carbocycles. The summed E-state index contributed by atoms with van der Waals surface area (Å²) < 4.78 is 14.1. The van der Waals surface area contributed by atoms with Crippen molar-refractivity contribution in [3.05, 3.63) is 28.0 Å². The van der Waals surface area contributed by atoms with Crippen molar-refractivity contribution in [1.29, 1.82) is 5.26 Å². The van der Waals surface area contributed by atoms with Gasteiger partial charge in [-0.15, -0.1) is 0 Å². The number of anilines is 1. The Labute approximate surface area is 115 Å². The molecule has 0 fully saturated rings. The lowest BCUT2D eigenvalue weighted by Gasteiger charge is -2.20. The van der Waals surface area contributed by atoms with Crippen molar-refractivity contribution in [2.45, 2.75) is 26.3 Å². The van der Waals surface area contributed by atoms with Gasteiger partial charge in [0.25, 0.3) is 0 Å². The molecule has 1 aromatic rings. The van der Waals surface area contributed by atoms with Gasteiger partial charge in [-0.25, -0.2) is 4.39 Å². The highest BCUT2D eigenvalue weighted by atomic mass is 79.9. The minimum absolute atomic E-state index is 0.0603. The largest absolute Gasteiger partial charge is 0.394 e. The number of hydrogen-bond acceptors (Lipinski definition) is 3. The maximum atomic E-state index is 13.9. The van der Waals surface area contributed by atoms with Gasteiger partial charge in [0, 0.05) is 6.04 Å². The molecule has 0 heterocycles. The van der Waals surface area contributed by atoms with E-state index in [-0.39, 0.29) is 22.7 Å². The average Bonchev–Trinajstić information content (AvgIpc) is 2.33. The Morgan fingerprint density at radius 1 is 1.50 bits per heavy atom. The van der Waals surface area contributed by atoms with E-state index < -0.39 is 5.82 Å². The van der Waals surface area contributed by atoms with Gasteiger partial charge in [-0.1, -0.05) is 13.8 Å². The Morgan fingerprint density at radius 2 is 2.17 bits per heavy atom. The molecule has 1 rings (SSSR count). The zero-order valence-electron chi connectivity index (χ0n) is 10.4. The lowest BCUT2D eigenvalue weighted by Crippen LogP contribution is -2.26. The van der Waals surface area contributed by atoms with Gasteiger partial charge in [-0.2, -0.15) is 5.26 Å². The van der Waals surface area contributed by atoms with Crippen LogP contribution in [-0.4, -0.2) is 17.8 Å². The maximum Gasteiger partial charge on any atom is 0.161 e. The highest BCUT2D eigenvalue weighted by Crippen LogP contribution is 2.27. The van der Waals surface area contributed by atoms with Gasteiger partial charge in [-0.05, 0) is 40.4 Å². The lowest BCUT2D eigenvalue weighted by atomic mass is 10.0. The first-order valence-corrected chi connectivity index (χ1v) is 6.54. The molecule has 0 bridgehead atoms. The predicted octanol–water partition coefficient (Wildman–Crippen LogP) is 3.28. The molecule has 0 spiro atoms. The number of aliphatic hydroxyl groups excluding tert-OH is 1. The highest BCUT2D eigenvalue weighted by molar-refractivity contribution is 9.10. The second kappa shape index (κ2) is 6.72. The molecule has 1 unspecified atom stereocenters. The summed E-state index contributed by atoms with van der Waals surface area (Å²) in [6.07, 6.45) is 0.744. The van der Waals surface area contributed by atoms with Crippen LogP contribution in [0.2, 0.25) is 0 Å². The molecule has 0 amide bonds. The van der Waals surface area contributed by atoms with E-state index in [0.717, 1.165) is 6.42 Å². The van der Waals surface area contributed by atoms with E-state index in [1.807, 2.05) is 19.9 Å². The first-order valence-electron chi connectivity index (χ1n) is 5.75. The molecular weight excluding hydrogens is 299 g/mol. The van der Waals surface area contributed by atoms with E-state index in [0.29, 0.717) is 11.6 Å². The van der Waals surface area contributed by atoms with Crippen LogP contribution in [0, 0.1) is 23.1 Å². The summed E-state index contributed by atoms with van der Waals surface area (Å²) in [4.78, 5) is 0. The quantitative estimate of drug-likeness (QED) is 0.877. The third kappa shape index (κ3) is 3.69. The third-order valence-electron chi connectivity index (χ3n) is 2.54. The first-order chi connectivity index (χ1) is 8.49. The molecule has 0 aliphatic heterocycles. The van der Waals surface area contributed by atoms with Gasteiger partial charge < -0.3 is 10.4 Å². The second-order valence-electron chi connectivity index (χ2n) is 4.55. The fourth-order valence-electron chi connectivity index (χ4n) is 1.72. The summed E-state index contributed by atoms with van der Waals surface area (Å²) in [7, 11) is 0. The number of benzene rings is 1. The molecule has 3 nitrogen and oxygen atoms in total. The van der Waals surface area contributed by atoms with E-state index in [9.17, 15) is 9.50 Å². The fraction of sp³-hybridized carbons (Fsp3) is 0.462. The summed E-state index contributed by atoms with van der Waals surface area (Å²) >= 11 is 3.05. The van der Waals surface area contributed by atoms with E-state index in [1.165, 1.54) is 6.07 Å². The molecule has 5 heteroatoms. The number of rotatable bonds is 5. The number of nitriles is 1. The van der Waals surface area contributed by atoms with Crippen LogP contribution in [0.3, 0.4) is 0 Å². The molecule has 0 saturated carbocycles. The summed E-state index contributed by atoms with van der Waals surface area (Å²) in [6.45, 7) is 4.01. The fourth-order valence-corrected chi connectivity index (χ4v) is 2.15. The number of nitrogens with zero attached hydrogens (tertiary/aromatic N) is 1. The zero-order chi connectivity index (χ0) is 13.7. The van der Waals surface area contributed by atoms with Gasteiger partial charge in [0.1, 0.15) is 6.07 Å². The Balaban J connectivity index is 2.91. The number of halogens is 2. The molecule has 1 atom stereocenters. The van der Waals surface area contributed by atoms with Crippen LogP contribution in [-0.2, 0) is 0 Å². The topological polar surface area (TPSA) is 56.0 Å². The average molecular weight is 315 g/mol. The van der Waals surface area contributed by atoms with E-state index in [4.69, 9.17) is 5.26 Å². The van der Waals surface area contributed by atoms with Crippen molar-refractivity contribution in [3.8, 4) is 6.07 Å². The number of nitrogens with one attached hydrogen (secondary N) is 1.